The summed E-state index contributed by atoms with van der Waals surface area (Å²) >= 11 is 0. The Bertz CT molecular complexity index is 797. The average Bonchev–Trinajstić information content (AvgIpc) is 3.40. The molecule has 1 aliphatic rings. The van der Waals surface area contributed by atoms with Crippen LogP contribution in [0.25, 0.3) is 0 Å². The molecule has 24 heavy (non-hydrogen) atoms. The van der Waals surface area contributed by atoms with Gasteiger partial charge in [0.05, 0.1) is 11.0 Å². The molecule has 0 unspecified atom stereocenters. The number of nitriles is 1. The number of benzene rings is 1. The van der Waals surface area contributed by atoms with Crippen LogP contribution in [0.2, 0.25) is 0 Å². The van der Waals surface area contributed by atoms with Gasteiger partial charge in [0, 0.05) is 18.2 Å². The zero-order chi connectivity index (χ0) is 17.2. The number of hydrogen-bond acceptors (Lipinski definition) is 6. The third-order valence-electron chi connectivity index (χ3n) is 4.42. The predicted molar refractivity (Wildman–Crippen MR) is 87.2 cm³/mol. The monoisotopic (exact) mass is 324 g/mol. The highest BCUT2D eigenvalue weighted by Gasteiger charge is 2.49. The Morgan fingerprint density at radius 3 is 2.67 bits per heavy atom. The van der Waals surface area contributed by atoms with Crippen molar-refractivity contribution in [3.05, 3.63) is 63.8 Å². The van der Waals surface area contributed by atoms with Gasteiger partial charge in [-0.1, -0.05) is 30.3 Å². The molecule has 1 fully saturated rings. The molecule has 7 nitrogen and oxygen atoms in total. The minimum Gasteiger partial charge on any atom is -0.388 e. The summed E-state index contributed by atoms with van der Waals surface area (Å²) < 4.78 is 0. The number of nitrogens with one attached hydrogen (secondary N) is 1. The molecule has 2 aromatic rings. The van der Waals surface area contributed by atoms with Crippen LogP contribution < -0.4 is 5.32 Å². The highest BCUT2D eigenvalue weighted by molar-refractivity contribution is 5.64. The normalized spacial score (nSPS) is 16.0. The Morgan fingerprint density at radius 1 is 1.38 bits per heavy atom. The van der Waals surface area contributed by atoms with Crippen LogP contribution in [0.3, 0.4) is 0 Å². The molecule has 2 N–H and O–H groups in total. The van der Waals surface area contributed by atoms with Crippen LogP contribution >= 0.6 is 0 Å². The molecule has 122 valence electrons. The van der Waals surface area contributed by atoms with Crippen LogP contribution in [0.1, 0.15) is 30.1 Å². The number of rotatable bonds is 6. The number of aromatic nitrogens is 1. The number of nitro groups is 1. The van der Waals surface area contributed by atoms with Crippen molar-refractivity contribution in [3.63, 3.8) is 0 Å². The summed E-state index contributed by atoms with van der Waals surface area (Å²) in [6, 6.07) is 12.5. The Hall–Kier alpha value is -2.98. The molecule has 0 aliphatic heterocycles. The number of aliphatic hydroxyl groups excluding tert-OH is 1. The number of hydrogen-bond donors (Lipinski definition) is 2. The summed E-state index contributed by atoms with van der Waals surface area (Å²) in [4.78, 5) is 14.6. The second kappa shape index (κ2) is 6.26. The van der Waals surface area contributed by atoms with Crippen molar-refractivity contribution in [2.75, 3.05) is 11.9 Å². The third kappa shape index (κ3) is 2.92. The van der Waals surface area contributed by atoms with Gasteiger partial charge in [-0.05, 0) is 24.5 Å². The lowest BCUT2D eigenvalue weighted by Gasteiger charge is -2.23. The van der Waals surface area contributed by atoms with E-state index in [9.17, 15) is 15.2 Å². The zero-order valence-corrected chi connectivity index (χ0v) is 12.8. The van der Waals surface area contributed by atoms with Crippen molar-refractivity contribution < 1.29 is 10.0 Å². The van der Waals surface area contributed by atoms with Gasteiger partial charge in [0.2, 0.25) is 5.82 Å². The molecular formula is C17H16N4O3. The molecule has 1 atom stereocenters. The van der Waals surface area contributed by atoms with Gasteiger partial charge in [0.1, 0.15) is 11.6 Å². The summed E-state index contributed by atoms with van der Waals surface area (Å²) in [5.74, 6) is 0.0607. The lowest BCUT2D eigenvalue weighted by atomic mass is 9.92. The van der Waals surface area contributed by atoms with Gasteiger partial charge in [0.25, 0.3) is 0 Å². The molecule has 7 heteroatoms. The van der Waals surface area contributed by atoms with Gasteiger partial charge in [-0.15, -0.1) is 0 Å². The minimum absolute atomic E-state index is 0.0362. The zero-order valence-electron chi connectivity index (χ0n) is 12.8. The number of pyridine rings is 1. The van der Waals surface area contributed by atoms with Crippen LogP contribution in [0.5, 0.6) is 0 Å². The van der Waals surface area contributed by atoms with E-state index in [2.05, 4.69) is 10.3 Å². The topological polar surface area (TPSA) is 112 Å². The van der Waals surface area contributed by atoms with Crippen LogP contribution in [-0.4, -0.2) is 21.6 Å². The van der Waals surface area contributed by atoms with Crippen molar-refractivity contribution in [1.29, 1.82) is 5.26 Å². The van der Waals surface area contributed by atoms with Crippen LogP contribution in [0, 0.1) is 26.9 Å². The Labute approximate surface area is 138 Å². The van der Waals surface area contributed by atoms with E-state index in [0.29, 0.717) is 6.54 Å². The van der Waals surface area contributed by atoms with E-state index in [1.54, 1.807) is 0 Å². The fourth-order valence-electron chi connectivity index (χ4n) is 2.81. The lowest BCUT2D eigenvalue weighted by Crippen LogP contribution is -2.24. The number of nitrogens with zero attached hydrogens (tertiary/aromatic N) is 3. The maximum atomic E-state index is 11.2. The van der Waals surface area contributed by atoms with Gasteiger partial charge >= 0.3 is 5.69 Å². The maximum absolute atomic E-state index is 11.2. The van der Waals surface area contributed by atoms with Crippen molar-refractivity contribution in [3.8, 4) is 6.07 Å². The molecule has 0 saturated heterocycles. The van der Waals surface area contributed by atoms with Crippen LogP contribution in [0.15, 0.2) is 42.6 Å². The van der Waals surface area contributed by atoms with Gasteiger partial charge < -0.3 is 10.4 Å². The summed E-state index contributed by atoms with van der Waals surface area (Å²) in [6.07, 6.45) is 2.36. The van der Waals surface area contributed by atoms with Crippen molar-refractivity contribution >= 4 is 11.5 Å². The summed E-state index contributed by atoms with van der Waals surface area (Å²) in [6.45, 7) is 0.353. The first-order chi connectivity index (χ1) is 11.6. The van der Waals surface area contributed by atoms with Gasteiger partial charge in [-0.2, -0.15) is 5.26 Å². The first kappa shape index (κ1) is 15.9. The quantitative estimate of drug-likeness (QED) is 0.624. The lowest BCUT2D eigenvalue weighted by molar-refractivity contribution is -0.384. The van der Waals surface area contributed by atoms with Crippen LogP contribution in [0.4, 0.5) is 11.5 Å². The highest BCUT2D eigenvalue weighted by atomic mass is 16.6. The smallest absolute Gasteiger partial charge is 0.328 e. The van der Waals surface area contributed by atoms with E-state index in [-0.39, 0.29) is 22.5 Å². The van der Waals surface area contributed by atoms with Crippen molar-refractivity contribution in [1.82, 2.24) is 4.98 Å². The first-order valence-corrected chi connectivity index (χ1v) is 7.58. The summed E-state index contributed by atoms with van der Waals surface area (Å²) in [5.41, 5.74) is 0.0977. The minimum atomic E-state index is -0.649. The molecule has 0 radical (unpaired) electrons. The van der Waals surface area contributed by atoms with E-state index in [4.69, 9.17) is 5.26 Å². The van der Waals surface area contributed by atoms with E-state index >= 15 is 0 Å². The molecule has 0 amide bonds. The Kier molecular flexibility index (Phi) is 4.15. The summed E-state index contributed by atoms with van der Waals surface area (Å²) in [5, 5.41) is 33.8. The molecule has 1 saturated carbocycles. The van der Waals surface area contributed by atoms with E-state index in [1.165, 1.54) is 12.3 Å². The SMILES string of the molecule is N#Cc1ccnc(NCC2([C@@H](O)c3ccccc3)CC2)c1[N+](=O)[O-]. The molecule has 0 bridgehead atoms. The molecule has 1 aromatic carbocycles. The van der Waals surface area contributed by atoms with Crippen molar-refractivity contribution in [2.24, 2.45) is 5.41 Å². The molecule has 1 aromatic heterocycles. The first-order valence-electron chi connectivity index (χ1n) is 7.58. The maximum Gasteiger partial charge on any atom is 0.328 e. The number of anilines is 1. The van der Waals surface area contributed by atoms with Crippen LogP contribution in [-0.2, 0) is 0 Å². The predicted octanol–water partition coefficient (Wildman–Crippen LogP) is 2.79. The van der Waals surface area contributed by atoms with E-state index < -0.39 is 11.0 Å². The standard InChI is InChI=1S/C17H16N4O3/c18-10-13-6-9-19-16(14(13)21(23)24)20-11-17(7-8-17)15(22)12-4-2-1-3-5-12/h1-6,9,15,22H,7-8,11H2,(H,19,20)/t15-/m0/s1. The largest absolute Gasteiger partial charge is 0.388 e. The van der Waals surface area contributed by atoms with Gasteiger partial charge in [-0.3, -0.25) is 10.1 Å². The van der Waals surface area contributed by atoms with Gasteiger partial charge in [0.15, 0.2) is 0 Å². The van der Waals surface area contributed by atoms with Crippen molar-refractivity contribution in [2.45, 2.75) is 18.9 Å². The molecular weight excluding hydrogens is 308 g/mol. The second-order valence-electron chi connectivity index (χ2n) is 5.95. The molecule has 1 heterocycles. The van der Waals surface area contributed by atoms with E-state index in [0.717, 1.165) is 18.4 Å². The molecule has 1 aliphatic carbocycles. The Balaban J connectivity index is 1.79. The third-order valence-corrected chi connectivity index (χ3v) is 4.42. The fraction of sp³-hybridized carbons (Fsp3) is 0.294. The fourth-order valence-corrected chi connectivity index (χ4v) is 2.81. The molecule has 0 spiro atoms. The number of aliphatic hydroxyl groups is 1. The van der Waals surface area contributed by atoms with Gasteiger partial charge in [-0.25, -0.2) is 4.98 Å². The van der Waals surface area contributed by atoms with E-state index in [1.807, 2.05) is 36.4 Å². The highest BCUT2D eigenvalue weighted by Crippen LogP contribution is 2.55. The second-order valence-corrected chi connectivity index (χ2v) is 5.95. The summed E-state index contributed by atoms with van der Waals surface area (Å²) in [7, 11) is 0. The Morgan fingerprint density at radius 2 is 2.08 bits per heavy atom. The average molecular weight is 324 g/mol. The molecule has 3 rings (SSSR count).